The van der Waals surface area contributed by atoms with Crippen LogP contribution in [0, 0.1) is 11.3 Å². The van der Waals surface area contributed by atoms with Gasteiger partial charge in [-0.2, -0.15) is 5.26 Å². The maximum atomic E-state index is 12.7. The minimum absolute atomic E-state index is 0.145. The molecule has 1 N–H and O–H groups in total. The van der Waals surface area contributed by atoms with E-state index < -0.39 is 0 Å². The Kier molecular flexibility index (Phi) is 7.24. The van der Waals surface area contributed by atoms with Crippen LogP contribution >= 0.6 is 15.9 Å². The molecule has 0 spiro atoms. The number of carbonyl (C=O) groups excluding carboxylic acids is 1. The molecule has 0 bridgehead atoms. The van der Waals surface area contributed by atoms with Gasteiger partial charge in [-0.15, -0.1) is 0 Å². The smallest absolute Gasteiger partial charge is 0.266 e. The zero-order chi connectivity index (χ0) is 19.8. The molecule has 2 aromatic rings. The van der Waals surface area contributed by atoms with Crippen LogP contribution in [0.1, 0.15) is 11.1 Å². The zero-order valence-corrected chi connectivity index (χ0v) is 17.2. The van der Waals surface area contributed by atoms with Gasteiger partial charge in [0, 0.05) is 49.9 Å². The third-order valence-electron chi connectivity index (χ3n) is 4.70. The maximum Gasteiger partial charge on any atom is 0.266 e. The molecule has 1 saturated heterocycles. The molecule has 0 aliphatic carbocycles. The summed E-state index contributed by atoms with van der Waals surface area (Å²) in [5, 5.41) is 12.5. The number of nitrogens with one attached hydrogen (secondary N) is 1. The van der Waals surface area contributed by atoms with Crippen molar-refractivity contribution in [3.05, 3.63) is 82.0 Å². The van der Waals surface area contributed by atoms with Gasteiger partial charge in [0.25, 0.3) is 5.91 Å². The fourth-order valence-corrected chi connectivity index (χ4v) is 3.63. The predicted octanol–water partition coefficient (Wildman–Crippen LogP) is 3.29. The topological polar surface area (TPSA) is 59.4 Å². The highest BCUT2D eigenvalue weighted by atomic mass is 79.9. The van der Waals surface area contributed by atoms with Gasteiger partial charge < -0.3 is 10.2 Å². The lowest BCUT2D eigenvalue weighted by molar-refractivity contribution is -0.128. The van der Waals surface area contributed by atoms with Gasteiger partial charge in [-0.05, 0) is 23.3 Å². The van der Waals surface area contributed by atoms with Crippen molar-refractivity contribution < 1.29 is 4.79 Å². The number of hydrogen-bond acceptors (Lipinski definition) is 4. The van der Waals surface area contributed by atoms with Gasteiger partial charge in [0.1, 0.15) is 11.6 Å². The van der Waals surface area contributed by atoms with Gasteiger partial charge in [0.2, 0.25) is 0 Å². The Labute approximate surface area is 174 Å². The van der Waals surface area contributed by atoms with E-state index >= 15 is 0 Å². The van der Waals surface area contributed by atoms with Crippen molar-refractivity contribution >= 4 is 21.8 Å². The van der Waals surface area contributed by atoms with Crippen molar-refractivity contribution in [2.24, 2.45) is 0 Å². The van der Waals surface area contributed by atoms with Gasteiger partial charge in [0.05, 0.1) is 0 Å². The van der Waals surface area contributed by atoms with Gasteiger partial charge >= 0.3 is 0 Å². The fraction of sp³-hybridized carbons (Fsp3) is 0.273. The van der Waals surface area contributed by atoms with Crippen molar-refractivity contribution in [1.82, 2.24) is 15.1 Å². The lowest BCUT2D eigenvalue weighted by Crippen LogP contribution is -2.48. The highest BCUT2D eigenvalue weighted by molar-refractivity contribution is 9.10. The molecule has 1 aliphatic heterocycles. The number of piperazine rings is 1. The van der Waals surface area contributed by atoms with Gasteiger partial charge in [-0.1, -0.05) is 58.4 Å². The van der Waals surface area contributed by atoms with E-state index in [0.717, 1.165) is 29.7 Å². The van der Waals surface area contributed by atoms with Crippen LogP contribution in [0.25, 0.3) is 0 Å². The molecule has 0 aromatic heterocycles. The average Bonchev–Trinajstić information content (AvgIpc) is 2.72. The molecule has 6 heteroatoms. The summed E-state index contributed by atoms with van der Waals surface area (Å²) in [5.41, 5.74) is 2.49. The number of carbonyl (C=O) groups is 1. The molecular weight excluding hydrogens is 416 g/mol. The van der Waals surface area contributed by atoms with E-state index in [9.17, 15) is 10.1 Å². The summed E-state index contributed by atoms with van der Waals surface area (Å²) in [7, 11) is 0. The molecule has 1 aliphatic rings. The van der Waals surface area contributed by atoms with E-state index in [0.29, 0.717) is 19.6 Å². The van der Waals surface area contributed by atoms with Crippen LogP contribution in [0.4, 0.5) is 0 Å². The minimum atomic E-state index is -0.205. The Morgan fingerprint density at radius 2 is 1.79 bits per heavy atom. The van der Waals surface area contributed by atoms with Crippen molar-refractivity contribution in [3.8, 4) is 6.07 Å². The highest BCUT2D eigenvalue weighted by Gasteiger charge is 2.23. The molecule has 5 nitrogen and oxygen atoms in total. The zero-order valence-electron chi connectivity index (χ0n) is 15.6. The van der Waals surface area contributed by atoms with E-state index in [1.54, 1.807) is 4.90 Å². The maximum absolute atomic E-state index is 12.7. The van der Waals surface area contributed by atoms with Crippen LogP contribution in [0.3, 0.4) is 0 Å². The molecule has 0 unspecified atom stereocenters. The summed E-state index contributed by atoms with van der Waals surface area (Å²) in [6.07, 6.45) is 1.53. The highest BCUT2D eigenvalue weighted by Crippen LogP contribution is 2.12. The third kappa shape index (κ3) is 5.69. The lowest BCUT2D eigenvalue weighted by atomic mass is 10.2. The van der Waals surface area contributed by atoms with E-state index in [1.807, 2.05) is 48.5 Å². The number of halogens is 1. The Bertz CT molecular complexity index is 868. The first-order valence-corrected chi connectivity index (χ1v) is 10.1. The van der Waals surface area contributed by atoms with E-state index in [-0.39, 0.29) is 11.5 Å². The molecule has 1 heterocycles. The Morgan fingerprint density at radius 1 is 1.07 bits per heavy atom. The first kappa shape index (κ1) is 20.1. The summed E-state index contributed by atoms with van der Waals surface area (Å²) < 4.78 is 1.00. The summed E-state index contributed by atoms with van der Waals surface area (Å²) in [6.45, 7) is 4.34. The monoisotopic (exact) mass is 438 g/mol. The third-order valence-corrected chi connectivity index (χ3v) is 5.19. The number of nitriles is 1. The second-order valence-electron chi connectivity index (χ2n) is 6.73. The number of hydrogen-bond donors (Lipinski definition) is 1. The predicted molar refractivity (Wildman–Crippen MR) is 113 cm³/mol. The van der Waals surface area contributed by atoms with Crippen molar-refractivity contribution in [1.29, 1.82) is 5.26 Å². The van der Waals surface area contributed by atoms with Crippen molar-refractivity contribution in [3.63, 3.8) is 0 Å². The SMILES string of the molecule is N#C/C(=C/NCc1cccc(Br)c1)C(=O)N1CCN(Cc2ccccc2)CC1. The largest absolute Gasteiger partial charge is 0.386 e. The first-order chi connectivity index (χ1) is 13.7. The summed E-state index contributed by atoms with van der Waals surface area (Å²) >= 11 is 3.44. The van der Waals surface area contributed by atoms with Crippen LogP contribution in [-0.2, 0) is 17.9 Å². The number of amides is 1. The summed E-state index contributed by atoms with van der Waals surface area (Å²) in [4.78, 5) is 16.8. The average molecular weight is 439 g/mol. The first-order valence-electron chi connectivity index (χ1n) is 9.29. The minimum Gasteiger partial charge on any atom is -0.386 e. The van der Waals surface area contributed by atoms with Crippen LogP contribution < -0.4 is 5.32 Å². The van der Waals surface area contributed by atoms with Crippen molar-refractivity contribution in [2.45, 2.75) is 13.1 Å². The molecule has 0 saturated carbocycles. The lowest BCUT2D eigenvalue weighted by Gasteiger charge is -2.34. The fourth-order valence-electron chi connectivity index (χ4n) is 3.18. The Balaban J connectivity index is 1.50. The second kappa shape index (κ2) is 10.1. The molecule has 0 radical (unpaired) electrons. The van der Waals surface area contributed by atoms with E-state index in [2.05, 4.69) is 38.3 Å². The molecule has 0 atom stereocenters. The van der Waals surface area contributed by atoms with Crippen molar-refractivity contribution in [2.75, 3.05) is 26.2 Å². The number of nitrogens with zero attached hydrogens (tertiary/aromatic N) is 3. The van der Waals surface area contributed by atoms with Gasteiger partial charge in [-0.25, -0.2) is 0 Å². The molecule has 2 aromatic carbocycles. The standard InChI is InChI=1S/C22H23BrN4O/c23-21-8-4-7-19(13-21)15-25-16-20(14-24)22(28)27-11-9-26(10-12-27)17-18-5-2-1-3-6-18/h1-8,13,16,25H,9-12,15,17H2/b20-16-. The second-order valence-corrected chi connectivity index (χ2v) is 7.65. The molecular formula is C22H23BrN4O. The Hall–Kier alpha value is -2.62. The van der Waals surface area contributed by atoms with Gasteiger partial charge in [-0.3, -0.25) is 9.69 Å². The van der Waals surface area contributed by atoms with Crippen LogP contribution in [0.15, 0.2) is 70.8 Å². The molecule has 28 heavy (non-hydrogen) atoms. The number of rotatable bonds is 6. The van der Waals surface area contributed by atoms with Crippen LogP contribution in [0.5, 0.6) is 0 Å². The van der Waals surface area contributed by atoms with Crippen LogP contribution in [0.2, 0.25) is 0 Å². The molecule has 144 valence electrons. The summed E-state index contributed by atoms with van der Waals surface area (Å²) in [5.74, 6) is -0.205. The normalized spacial score (nSPS) is 15.1. The van der Waals surface area contributed by atoms with E-state index in [1.165, 1.54) is 11.8 Å². The Morgan fingerprint density at radius 3 is 2.46 bits per heavy atom. The molecule has 1 amide bonds. The molecule has 3 rings (SSSR count). The molecule has 1 fully saturated rings. The summed E-state index contributed by atoms with van der Waals surface area (Å²) in [6, 6.07) is 20.3. The van der Waals surface area contributed by atoms with E-state index in [4.69, 9.17) is 0 Å². The quantitative estimate of drug-likeness (QED) is 0.555. The number of benzene rings is 2. The van der Waals surface area contributed by atoms with Crippen LogP contribution in [-0.4, -0.2) is 41.9 Å². The van der Waals surface area contributed by atoms with Gasteiger partial charge in [0.15, 0.2) is 0 Å².